The Hall–Kier alpha value is -5.78. The number of hydrogen-bond donors (Lipinski definition) is 12. The monoisotopic (exact) mass is 900 g/mol. The molecular formula is C40H56N10O12S. The first kappa shape index (κ1) is 48.3. The van der Waals surface area contributed by atoms with Crippen molar-refractivity contribution in [3.63, 3.8) is 0 Å². The topological polar surface area (TPSA) is 358 Å². The van der Waals surface area contributed by atoms with Crippen molar-refractivity contribution in [3.8, 4) is 0 Å². The Bertz CT molecular complexity index is 2120. The molecule has 3 aliphatic rings. The van der Waals surface area contributed by atoms with Crippen LogP contribution in [0.25, 0.3) is 10.9 Å². The van der Waals surface area contributed by atoms with Gasteiger partial charge < -0.3 is 68.6 Å². The van der Waals surface area contributed by atoms with Gasteiger partial charge in [0.15, 0.2) is 5.78 Å². The highest BCUT2D eigenvalue weighted by atomic mass is 32.2. The first-order valence-corrected chi connectivity index (χ1v) is 21.7. The number of H-pyrrole nitrogens is 1. The zero-order valence-electron chi connectivity index (χ0n) is 35.1. The number of aromatic nitrogens is 1. The summed E-state index contributed by atoms with van der Waals surface area (Å²) >= 11 is 1.02. The van der Waals surface area contributed by atoms with Crippen LogP contribution < -0.4 is 43.4 Å². The van der Waals surface area contributed by atoms with Gasteiger partial charge in [-0.2, -0.15) is 0 Å². The third-order valence-corrected chi connectivity index (χ3v) is 12.9. The van der Waals surface area contributed by atoms with Gasteiger partial charge in [-0.3, -0.25) is 43.2 Å². The minimum absolute atomic E-state index is 0.193. The Morgan fingerprint density at radius 3 is 2.25 bits per heavy atom. The molecule has 0 saturated carbocycles. The number of hydrogen-bond acceptors (Lipinski definition) is 14. The highest BCUT2D eigenvalue weighted by Crippen LogP contribution is 2.34. The lowest BCUT2D eigenvalue weighted by molar-refractivity contribution is -0.144. The van der Waals surface area contributed by atoms with Crippen LogP contribution in [0.4, 0.5) is 5.69 Å². The third-order valence-electron chi connectivity index (χ3n) is 11.7. The number of carbonyl (C=O) groups excluding carboxylic acids is 9. The van der Waals surface area contributed by atoms with Gasteiger partial charge in [0, 0.05) is 53.6 Å². The van der Waals surface area contributed by atoms with Crippen molar-refractivity contribution < 1.29 is 58.5 Å². The molecule has 1 aromatic heterocycles. The number of ketones is 1. The molecule has 5 unspecified atom stereocenters. The third kappa shape index (κ3) is 11.8. The lowest BCUT2D eigenvalue weighted by Gasteiger charge is -2.32. The standard InChI is InChI=1S/C40H56N10O12S/c1-4-17(2)33-38(61)44-12-31(56)45-26-16-63-39-23(22-6-5-20(41)9-24(22)47-39)7-19(35(58)43-13-32(57)48-33)8-28(53)34(18(3)29(54)15-51)49-37(60)27-10-21(52)14-50(27)40(62)25(11-30(42)55)46-36(26)59/h5-6,9,17-19,21,25-27,29,33-34,47,51-52,54H,4,7-8,10-16,41H2,1-3H3,(H2,42,55)(H,43,58)(H,44,61)(H,45,56)(H,46,59)(H,48,57)(H,49,60)/t17-,18?,19?,21?,25?,26?,27-,29-,33-,34-/m0/s1. The minimum Gasteiger partial charge on any atom is -0.399 e. The predicted octanol–water partition coefficient (Wildman–Crippen LogP) is -3.97. The normalized spacial score (nSPS) is 27.7. The highest BCUT2D eigenvalue weighted by Gasteiger charge is 2.45. The number of aromatic amines is 1. The Kier molecular flexibility index (Phi) is 16.1. The molecule has 3 aliphatic heterocycles. The molecule has 0 radical (unpaired) electrons. The van der Waals surface area contributed by atoms with E-state index in [-0.39, 0.29) is 18.6 Å². The van der Waals surface area contributed by atoms with E-state index in [4.69, 9.17) is 11.5 Å². The Balaban J connectivity index is 1.70. The number of thioether (sulfide) groups is 1. The van der Waals surface area contributed by atoms with Gasteiger partial charge in [-0.15, -0.1) is 11.8 Å². The lowest BCUT2D eigenvalue weighted by atomic mass is 9.85. The maximum absolute atomic E-state index is 14.5. The van der Waals surface area contributed by atoms with E-state index >= 15 is 0 Å². The van der Waals surface area contributed by atoms with Gasteiger partial charge in [-0.1, -0.05) is 33.3 Å². The summed E-state index contributed by atoms with van der Waals surface area (Å²) < 4.78 is 0. The van der Waals surface area contributed by atoms with Gasteiger partial charge >= 0.3 is 0 Å². The van der Waals surface area contributed by atoms with Crippen molar-refractivity contribution in [1.29, 1.82) is 0 Å². The number of carbonyl (C=O) groups is 9. The molecule has 8 amide bonds. The number of aliphatic hydroxyl groups excluding tert-OH is 3. The number of anilines is 1. The summed E-state index contributed by atoms with van der Waals surface area (Å²) in [7, 11) is 0. The quantitative estimate of drug-likeness (QED) is 0.118. The molecule has 23 heteroatoms. The molecule has 22 nitrogen and oxygen atoms in total. The van der Waals surface area contributed by atoms with Crippen LogP contribution in [-0.2, 0) is 49.6 Å². The first-order valence-electron chi connectivity index (χ1n) is 20.7. The maximum atomic E-state index is 14.5. The number of fused-ring (bicyclic) bond motifs is 5. The maximum Gasteiger partial charge on any atom is 0.246 e. The molecule has 5 rings (SSSR count). The molecule has 1 saturated heterocycles. The molecule has 4 heterocycles. The molecular weight excluding hydrogens is 845 g/mol. The van der Waals surface area contributed by atoms with Crippen LogP contribution in [0.2, 0.25) is 0 Å². The number of nitrogens with two attached hydrogens (primary N) is 2. The second kappa shape index (κ2) is 21.1. The fourth-order valence-corrected chi connectivity index (χ4v) is 9.00. The van der Waals surface area contributed by atoms with Crippen LogP contribution in [0.1, 0.15) is 52.0 Å². The van der Waals surface area contributed by atoms with Gasteiger partial charge in [0.1, 0.15) is 24.2 Å². The number of Topliss-reactive ketones (excluding diaryl/α,β-unsaturated/α-hetero) is 1. The number of nitrogen functional groups attached to an aromatic ring is 1. The number of rotatable bonds is 7. The summed E-state index contributed by atoms with van der Waals surface area (Å²) in [5.74, 6) is -11.0. The number of amides is 8. The van der Waals surface area contributed by atoms with Gasteiger partial charge in [0.2, 0.25) is 47.3 Å². The van der Waals surface area contributed by atoms with Crippen LogP contribution >= 0.6 is 11.8 Å². The van der Waals surface area contributed by atoms with Crippen molar-refractivity contribution in [1.82, 2.24) is 41.8 Å². The molecule has 344 valence electrons. The molecule has 14 N–H and O–H groups in total. The van der Waals surface area contributed by atoms with E-state index in [9.17, 15) is 58.5 Å². The number of nitrogens with one attached hydrogen (secondary N) is 7. The molecule has 0 aliphatic carbocycles. The second-order valence-corrected chi connectivity index (χ2v) is 17.4. The van der Waals surface area contributed by atoms with Crippen molar-refractivity contribution >= 4 is 81.4 Å². The summed E-state index contributed by atoms with van der Waals surface area (Å²) in [6.07, 6.45) is -4.33. The van der Waals surface area contributed by atoms with E-state index in [0.29, 0.717) is 33.6 Å². The number of primary amides is 1. The lowest BCUT2D eigenvalue weighted by Crippen LogP contribution is -2.60. The zero-order chi connectivity index (χ0) is 46.3. The number of nitrogens with zero attached hydrogens (tertiary/aromatic N) is 1. The summed E-state index contributed by atoms with van der Waals surface area (Å²) in [6.45, 7) is 2.31. The Morgan fingerprint density at radius 1 is 0.905 bits per heavy atom. The Morgan fingerprint density at radius 2 is 1.59 bits per heavy atom. The van der Waals surface area contributed by atoms with E-state index < -0.39 is 152 Å². The largest absolute Gasteiger partial charge is 0.399 e. The van der Waals surface area contributed by atoms with Crippen LogP contribution in [0.3, 0.4) is 0 Å². The van der Waals surface area contributed by atoms with Gasteiger partial charge in [0.25, 0.3) is 0 Å². The van der Waals surface area contributed by atoms with Crippen LogP contribution in [0.15, 0.2) is 23.2 Å². The SMILES string of the molecule is CC[C@H](C)[C@@H]1NC(=O)CNC(=O)C2CC(=O)[C@H](C(C)[C@@H](O)CO)NC(=O)[C@@H]3CC(O)CN3C(=O)C(CC(N)=O)NC(=O)C(CSc3[nH]c4cc(N)ccc4c3C2)NC(=O)CNC1=O. The van der Waals surface area contributed by atoms with E-state index in [1.54, 1.807) is 32.0 Å². The zero-order valence-corrected chi connectivity index (χ0v) is 35.9. The van der Waals surface area contributed by atoms with Crippen molar-refractivity contribution in [2.24, 2.45) is 23.5 Å². The molecule has 1 fully saturated rings. The van der Waals surface area contributed by atoms with Crippen molar-refractivity contribution in [3.05, 3.63) is 23.8 Å². The van der Waals surface area contributed by atoms with Crippen LogP contribution in [-0.4, -0.2) is 153 Å². The smallest absolute Gasteiger partial charge is 0.246 e. The van der Waals surface area contributed by atoms with Gasteiger partial charge in [-0.25, -0.2) is 0 Å². The molecule has 2 bridgehead atoms. The minimum atomic E-state index is -1.72. The molecule has 63 heavy (non-hydrogen) atoms. The van der Waals surface area contributed by atoms with E-state index in [1.165, 1.54) is 6.92 Å². The van der Waals surface area contributed by atoms with E-state index in [0.717, 1.165) is 16.7 Å². The average Bonchev–Trinajstić information content (AvgIpc) is 3.80. The number of aliphatic hydroxyl groups is 3. The predicted molar refractivity (Wildman–Crippen MR) is 226 cm³/mol. The summed E-state index contributed by atoms with van der Waals surface area (Å²) in [4.78, 5) is 128. The fourth-order valence-electron chi connectivity index (χ4n) is 7.88. The summed E-state index contributed by atoms with van der Waals surface area (Å²) in [5.41, 5.74) is 13.0. The first-order chi connectivity index (χ1) is 29.8. The summed E-state index contributed by atoms with van der Waals surface area (Å²) in [6, 6.07) is -2.54. The molecule has 0 spiro atoms. The van der Waals surface area contributed by atoms with E-state index in [2.05, 4.69) is 36.9 Å². The average molecular weight is 901 g/mol. The van der Waals surface area contributed by atoms with Crippen LogP contribution in [0, 0.1) is 17.8 Å². The Labute approximate surface area is 366 Å². The fraction of sp³-hybridized carbons (Fsp3) is 0.575. The molecule has 10 atom stereocenters. The van der Waals surface area contributed by atoms with Crippen LogP contribution in [0.5, 0.6) is 0 Å². The number of benzene rings is 1. The van der Waals surface area contributed by atoms with E-state index in [1.807, 2.05) is 0 Å². The molecule has 2 aromatic rings. The second-order valence-electron chi connectivity index (χ2n) is 16.3. The van der Waals surface area contributed by atoms with Gasteiger partial charge in [0.05, 0.1) is 49.4 Å². The van der Waals surface area contributed by atoms with Crippen molar-refractivity contribution in [2.45, 2.75) is 100 Å². The van der Waals surface area contributed by atoms with Crippen molar-refractivity contribution in [2.75, 3.05) is 37.7 Å². The molecule has 1 aromatic carbocycles. The highest BCUT2D eigenvalue weighted by molar-refractivity contribution is 7.99. The van der Waals surface area contributed by atoms with Gasteiger partial charge in [-0.05, 0) is 30.0 Å². The summed E-state index contributed by atoms with van der Waals surface area (Å²) in [5, 5.41) is 47.5.